The molecule has 2 fully saturated rings. The fourth-order valence-corrected chi connectivity index (χ4v) is 5.93. The molecule has 168 valence electrons. The number of hydrogen-bond acceptors (Lipinski definition) is 4. The number of amides is 2. The summed E-state index contributed by atoms with van der Waals surface area (Å²) in [6.45, 7) is 6.36. The summed E-state index contributed by atoms with van der Waals surface area (Å²) >= 11 is 0. The second-order valence-electron chi connectivity index (χ2n) is 8.59. The van der Waals surface area contributed by atoms with Crippen LogP contribution in [0.15, 0.2) is 29.2 Å². The van der Waals surface area contributed by atoms with E-state index in [0.717, 1.165) is 45.4 Å². The van der Waals surface area contributed by atoms with Gasteiger partial charge in [0.1, 0.15) is 0 Å². The van der Waals surface area contributed by atoms with Gasteiger partial charge in [0, 0.05) is 38.4 Å². The fraction of sp³-hybridized carbons (Fsp3) is 0.682. The Bertz CT molecular complexity index is 814. The van der Waals surface area contributed by atoms with Gasteiger partial charge in [-0.1, -0.05) is 25.8 Å². The highest BCUT2D eigenvalue weighted by atomic mass is 32.2. The number of rotatable bonds is 5. The van der Waals surface area contributed by atoms with Gasteiger partial charge in [-0.05, 0) is 63.4 Å². The summed E-state index contributed by atoms with van der Waals surface area (Å²) in [7, 11) is -1.56. The fourth-order valence-electron chi connectivity index (χ4n) is 4.41. The van der Waals surface area contributed by atoms with Crippen molar-refractivity contribution in [2.75, 3.05) is 51.6 Å². The third kappa shape index (κ3) is 5.95. The number of benzene rings is 1. The van der Waals surface area contributed by atoms with Crippen LogP contribution in [0.25, 0.3) is 0 Å². The van der Waals surface area contributed by atoms with E-state index in [1.807, 2.05) is 11.9 Å². The molecule has 1 aromatic carbocycles. The van der Waals surface area contributed by atoms with Crippen molar-refractivity contribution >= 4 is 21.7 Å². The predicted molar refractivity (Wildman–Crippen MR) is 120 cm³/mol. The first-order valence-electron chi connectivity index (χ1n) is 11.2. The Hall–Kier alpha value is -1.64. The maximum atomic E-state index is 13.1. The summed E-state index contributed by atoms with van der Waals surface area (Å²) in [5.41, 5.74) is 0.530. The normalized spacial score (nSPS) is 22.3. The van der Waals surface area contributed by atoms with E-state index in [-0.39, 0.29) is 10.9 Å². The number of hydrogen-bond donors (Lipinski definition) is 1. The summed E-state index contributed by atoms with van der Waals surface area (Å²) in [5, 5.41) is 2.92. The number of anilines is 1. The lowest BCUT2D eigenvalue weighted by Crippen LogP contribution is -2.36. The van der Waals surface area contributed by atoms with Gasteiger partial charge in [-0.2, -0.15) is 4.31 Å². The van der Waals surface area contributed by atoms with E-state index in [4.69, 9.17) is 0 Å². The quantitative estimate of drug-likeness (QED) is 0.767. The first-order chi connectivity index (χ1) is 14.4. The number of likely N-dealkylation sites (tertiary alicyclic amines) is 1. The molecule has 1 N–H and O–H groups in total. The van der Waals surface area contributed by atoms with E-state index in [1.54, 1.807) is 28.6 Å². The summed E-state index contributed by atoms with van der Waals surface area (Å²) in [6.07, 6.45) is 6.47. The minimum absolute atomic E-state index is 0.141. The topological polar surface area (TPSA) is 73.0 Å². The van der Waals surface area contributed by atoms with Crippen LogP contribution in [0, 0.1) is 5.92 Å². The molecule has 0 unspecified atom stereocenters. The molecule has 30 heavy (non-hydrogen) atoms. The first kappa shape index (κ1) is 23.0. The highest BCUT2D eigenvalue weighted by Crippen LogP contribution is 2.24. The van der Waals surface area contributed by atoms with Gasteiger partial charge < -0.3 is 15.1 Å². The number of likely N-dealkylation sites (N-methyl/N-ethyl adjacent to an activating group) is 1. The molecule has 2 aliphatic heterocycles. The molecule has 0 aliphatic carbocycles. The molecule has 0 bridgehead atoms. The van der Waals surface area contributed by atoms with Gasteiger partial charge in [0.2, 0.25) is 10.0 Å². The van der Waals surface area contributed by atoms with E-state index in [2.05, 4.69) is 17.1 Å². The highest BCUT2D eigenvalue weighted by Gasteiger charge is 2.27. The molecule has 8 heteroatoms. The zero-order valence-electron chi connectivity index (χ0n) is 18.3. The van der Waals surface area contributed by atoms with Crippen LogP contribution >= 0.6 is 0 Å². The molecule has 1 aromatic rings. The molecular weight excluding hydrogens is 400 g/mol. The Balaban J connectivity index is 1.65. The van der Waals surface area contributed by atoms with Crippen LogP contribution in [-0.4, -0.2) is 74.9 Å². The van der Waals surface area contributed by atoms with Gasteiger partial charge in [0.25, 0.3) is 0 Å². The minimum atomic E-state index is -3.57. The molecule has 1 atom stereocenters. The average molecular weight is 437 g/mol. The lowest BCUT2D eigenvalue weighted by molar-refractivity contribution is 0.213. The number of carbonyl (C=O) groups excluding carboxylic acids is 1. The molecule has 0 radical (unpaired) electrons. The zero-order valence-corrected chi connectivity index (χ0v) is 19.2. The van der Waals surface area contributed by atoms with E-state index in [1.165, 1.54) is 19.3 Å². The Morgan fingerprint density at radius 3 is 2.70 bits per heavy atom. The second-order valence-corrected chi connectivity index (χ2v) is 10.5. The maximum Gasteiger partial charge on any atom is 0.321 e. The van der Waals surface area contributed by atoms with Crippen molar-refractivity contribution in [3.8, 4) is 0 Å². The average Bonchev–Trinajstić information content (AvgIpc) is 3.09. The Morgan fingerprint density at radius 2 is 1.90 bits per heavy atom. The lowest BCUT2D eigenvalue weighted by atomic mass is 9.96. The molecule has 7 nitrogen and oxygen atoms in total. The van der Waals surface area contributed by atoms with Crippen LogP contribution in [0.5, 0.6) is 0 Å². The van der Waals surface area contributed by atoms with Crippen LogP contribution in [-0.2, 0) is 10.0 Å². The van der Waals surface area contributed by atoms with Gasteiger partial charge in [-0.3, -0.25) is 0 Å². The molecule has 0 spiro atoms. The maximum absolute atomic E-state index is 13.1. The van der Waals surface area contributed by atoms with Crippen LogP contribution in [0.2, 0.25) is 0 Å². The number of nitrogens with one attached hydrogen (secondary N) is 1. The third-order valence-corrected chi connectivity index (χ3v) is 8.13. The summed E-state index contributed by atoms with van der Waals surface area (Å²) in [4.78, 5) is 17.0. The highest BCUT2D eigenvalue weighted by molar-refractivity contribution is 7.89. The molecule has 2 heterocycles. The number of urea groups is 1. The SMILES string of the molecule is CCC[C@@H]1CCCN(C(=O)Nc2cccc(S(=O)(=O)N3CCCN(C)CC3)c2)CC1. The molecule has 0 saturated carbocycles. The van der Waals surface area contributed by atoms with Crippen molar-refractivity contribution in [2.24, 2.45) is 5.92 Å². The third-order valence-electron chi connectivity index (χ3n) is 6.23. The monoisotopic (exact) mass is 436 g/mol. The van der Waals surface area contributed by atoms with E-state index in [9.17, 15) is 13.2 Å². The number of sulfonamides is 1. The van der Waals surface area contributed by atoms with Crippen LogP contribution in [0.4, 0.5) is 10.5 Å². The molecule has 2 amide bonds. The van der Waals surface area contributed by atoms with Gasteiger partial charge >= 0.3 is 6.03 Å². The van der Waals surface area contributed by atoms with Crippen molar-refractivity contribution in [3.05, 3.63) is 24.3 Å². The van der Waals surface area contributed by atoms with Gasteiger partial charge in [0.05, 0.1) is 4.90 Å². The summed E-state index contributed by atoms with van der Waals surface area (Å²) < 4.78 is 27.8. The second kappa shape index (κ2) is 10.6. The Labute approximate surface area is 181 Å². The molecule has 2 aliphatic rings. The first-order valence-corrected chi connectivity index (χ1v) is 12.7. The van der Waals surface area contributed by atoms with Crippen molar-refractivity contribution in [1.29, 1.82) is 0 Å². The molecule has 2 saturated heterocycles. The lowest BCUT2D eigenvalue weighted by Gasteiger charge is -2.22. The van der Waals surface area contributed by atoms with Gasteiger partial charge in [-0.25, -0.2) is 13.2 Å². The van der Waals surface area contributed by atoms with E-state index >= 15 is 0 Å². The molecule has 0 aromatic heterocycles. The van der Waals surface area contributed by atoms with Gasteiger partial charge in [-0.15, -0.1) is 0 Å². The number of carbonyl (C=O) groups is 1. The zero-order chi connectivity index (χ0) is 21.6. The van der Waals surface area contributed by atoms with E-state index in [0.29, 0.717) is 24.7 Å². The van der Waals surface area contributed by atoms with Crippen molar-refractivity contribution < 1.29 is 13.2 Å². The van der Waals surface area contributed by atoms with Crippen molar-refractivity contribution in [2.45, 2.75) is 50.3 Å². The molecule has 3 rings (SSSR count). The van der Waals surface area contributed by atoms with Crippen molar-refractivity contribution in [3.63, 3.8) is 0 Å². The van der Waals surface area contributed by atoms with Gasteiger partial charge in [0.15, 0.2) is 0 Å². The Kier molecular flexibility index (Phi) is 8.13. The van der Waals surface area contributed by atoms with Crippen LogP contribution in [0.3, 0.4) is 0 Å². The van der Waals surface area contributed by atoms with Crippen LogP contribution in [0.1, 0.15) is 45.4 Å². The van der Waals surface area contributed by atoms with Crippen LogP contribution < -0.4 is 5.32 Å². The smallest absolute Gasteiger partial charge is 0.321 e. The summed E-state index contributed by atoms with van der Waals surface area (Å²) in [5.74, 6) is 0.703. The summed E-state index contributed by atoms with van der Waals surface area (Å²) in [6, 6.07) is 6.51. The number of nitrogens with zero attached hydrogens (tertiary/aromatic N) is 3. The largest absolute Gasteiger partial charge is 0.325 e. The van der Waals surface area contributed by atoms with Crippen molar-refractivity contribution in [1.82, 2.24) is 14.1 Å². The standard InChI is InChI=1S/C22H36N4O3S/c1-3-7-19-8-5-13-25(15-11-19)22(27)23-20-9-4-10-21(18-20)30(28,29)26-14-6-12-24(2)16-17-26/h4,9-10,18-19H,3,5-8,11-17H2,1-2H3,(H,23,27)/t19-/m1/s1. The van der Waals surface area contributed by atoms with E-state index < -0.39 is 10.0 Å². The molecular formula is C22H36N4O3S. The Morgan fingerprint density at radius 1 is 1.07 bits per heavy atom. The minimum Gasteiger partial charge on any atom is -0.325 e. The predicted octanol–water partition coefficient (Wildman–Crippen LogP) is 3.45.